The SMILES string of the molecule is CCCC(=O)OCN.Cl. The van der Waals surface area contributed by atoms with E-state index in [4.69, 9.17) is 5.73 Å². The van der Waals surface area contributed by atoms with Crippen molar-refractivity contribution < 1.29 is 9.53 Å². The minimum atomic E-state index is -0.213. The average Bonchev–Trinajstić information content (AvgIpc) is 1.68. The van der Waals surface area contributed by atoms with Gasteiger partial charge in [-0.25, -0.2) is 0 Å². The predicted octanol–water partition coefficient (Wildman–Crippen LogP) is 0.668. The summed E-state index contributed by atoms with van der Waals surface area (Å²) in [5, 5.41) is 0. The van der Waals surface area contributed by atoms with Crippen molar-refractivity contribution in [2.24, 2.45) is 5.73 Å². The molecule has 0 fully saturated rings. The van der Waals surface area contributed by atoms with Crippen LogP contribution in [0.3, 0.4) is 0 Å². The molecule has 0 saturated heterocycles. The third kappa shape index (κ3) is 7.72. The van der Waals surface area contributed by atoms with Gasteiger partial charge < -0.3 is 4.74 Å². The van der Waals surface area contributed by atoms with E-state index in [0.717, 1.165) is 6.42 Å². The van der Waals surface area contributed by atoms with Gasteiger partial charge in [-0.1, -0.05) is 6.92 Å². The molecule has 2 N–H and O–H groups in total. The molecule has 0 rings (SSSR count). The molecule has 0 aromatic rings. The molecule has 0 bridgehead atoms. The van der Waals surface area contributed by atoms with Gasteiger partial charge in [0.15, 0.2) is 0 Å². The lowest BCUT2D eigenvalue weighted by Gasteiger charge is -1.96. The largest absolute Gasteiger partial charge is 0.450 e. The topological polar surface area (TPSA) is 52.3 Å². The molecule has 0 saturated carbocycles. The first-order valence-corrected chi connectivity index (χ1v) is 2.67. The fraction of sp³-hybridized carbons (Fsp3) is 0.800. The van der Waals surface area contributed by atoms with E-state index in [-0.39, 0.29) is 25.1 Å². The van der Waals surface area contributed by atoms with Crippen LogP contribution < -0.4 is 5.73 Å². The standard InChI is InChI=1S/C5H11NO2.ClH/c1-2-3-5(7)8-4-6;/h2-4,6H2,1H3;1H. The average molecular weight is 154 g/mol. The second-order valence-electron chi connectivity index (χ2n) is 1.43. The van der Waals surface area contributed by atoms with E-state index in [1.54, 1.807) is 0 Å². The monoisotopic (exact) mass is 153 g/mol. The highest BCUT2D eigenvalue weighted by Gasteiger charge is 1.95. The van der Waals surface area contributed by atoms with Crippen LogP contribution in [0.2, 0.25) is 0 Å². The zero-order valence-electron chi connectivity index (χ0n) is 5.42. The Morgan fingerprint density at radius 3 is 2.56 bits per heavy atom. The van der Waals surface area contributed by atoms with Crippen molar-refractivity contribution in [3.05, 3.63) is 0 Å². The summed E-state index contributed by atoms with van der Waals surface area (Å²) in [7, 11) is 0. The lowest BCUT2D eigenvalue weighted by atomic mass is 10.3. The highest BCUT2D eigenvalue weighted by molar-refractivity contribution is 5.85. The zero-order chi connectivity index (χ0) is 6.41. The summed E-state index contributed by atoms with van der Waals surface area (Å²) in [6, 6.07) is 0. The van der Waals surface area contributed by atoms with Crippen LogP contribution in [0.15, 0.2) is 0 Å². The minimum Gasteiger partial charge on any atom is -0.450 e. The Balaban J connectivity index is 0. The summed E-state index contributed by atoms with van der Waals surface area (Å²) in [6.45, 7) is 1.91. The van der Waals surface area contributed by atoms with E-state index in [2.05, 4.69) is 4.74 Å². The van der Waals surface area contributed by atoms with Gasteiger partial charge in [0.1, 0.15) is 6.73 Å². The maximum absolute atomic E-state index is 10.3. The Morgan fingerprint density at radius 1 is 1.67 bits per heavy atom. The summed E-state index contributed by atoms with van der Waals surface area (Å²) in [4.78, 5) is 10.3. The van der Waals surface area contributed by atoms with Gasteiger partial charge in [0, 0.05) is 6.42 Å². The lowest BCUT2D eigenvalue weighted by molar-refractivity contribution is -0.143. The van der Waals surface area contributed by atoms with Crippen molar-refractivity contribution in [2.45, 2.75) is 19.8 Å². The molecule has 0 heterocycles. The Morgan fingerprint density at radius 2 is 2.22 bits per heavy atom. The van der Waals surface area contributed by atoms with Crippen molar-refractivity contribution in [1.29, 1.82) is 0 Å². The molecule has 0 aliphatic heterocycles. The van der Waals surface area contributed by atoms with Crippen molar-refractivity contribution in [3.8, 4) is 0 Å². The summed E-state index contributed by atoms with van der Waals surface area (Å²) in [5.41, 5.74) is 4.92. The number of hydrogen-bond acceptors (Lipinski definition) is 3. The van der Waals surface area contributed by atoms with Gasteiger partial charge in [-0.15, -0.1) is 12.4 Å². The molecular formula is C5H12ClNO2. The molecule has 0 aromatic carbocycles. The van der Waals surface area contributed by atoms with E-state index < -0.39 is 0 Å². The number of nitrogens with two attached hydrogens (primary N) is 1. The zero-order valence-corrected chi connectivity index (χ0v) is 6.24. The molecule has 0 atom stereocenters. The summed E-state index contributed by atoms with van der Waals surface area (Å²) < 4.78 is 4.42. The van der Waals surface area contributed by atoms with Gasteiger partial charge in [-0.3, -0.25) is 10.5 Å². The van der Waals surface area contributed by atoms with Gasteiger partial charge in [0.25, 0.3) is 0 Å². The van der Waals surface area contributed by atoms with Gasteiger partial charge >= 0.3 is 5.97 Å². The molecular weight excluding hydrogens is 142 g/mol. The molecule has 3 nitrogen and oxygen atoms in total. The molecule has 0 aromatic heterocycles. The van der Waals surface area contributed by atoms with Gasteiger partial charge in [0.2, 0.25) is 0 Å². The van der Waals surface area contributed by atoms with Crippen LogP contribution in [0.25, 0.3) is 0 Å². The number of halogens is 1. The maximum Gasteiger partial charge on any atom is 0.307 e. The van der Waals surface area contributed by atoms with Crippen LogP contribution in [0.4, 0.5) is 0 Å². The van der Waals surface area contributed by atoms with Crippen molar-refractivity contribution in [3.63, 3.8) is 0 Å². The molecule has 0 aliphatic rings. The first kappa shape index (κ1) is 11.5. The van der Waals surface area contributed by atoms with E-state index in [9.17, 15) is 4.79 Å². The second-order valence-corrected chi connectivity index (χ2v) is 1.43. The first-order valence-electron chi connectivity index (χ1n) is 2.67. The van der Waals surface area contributed by atoms with Gasteiger partial charge in [0.05, 0.1) is 0 Å². The van der Waals surface area contributed by atoms with Crippen LogP contribution in [0, 0.1) is 0 Å². The van der Waals surface area contributed by atoms with Gasteiger partial charge in [-0.05, 0) is 6.42 Å². The fourth-order valence-corrected chi connectivity index (χ4v) is 0.369. The van der Waals surface area contributed by atoms with E-state index >= 15 is 0 Å². The van der Waals surface area contributed by atoms with Crippen molar-refractivity contribution >= 4 is 18.4 Å². The van der Waals surface area contributed by atoms with Crippen molar-refractivity contribution in [1.82, 2.24) is 0 Å². The van der Waals surface area contributed by atoms with E-state index in [0.29, 0.717) is 6.42 Å². The number of esters is 1. The predicted molar refractivity (Wildman–Crippen MR) is 37.3 cm³/mol. The summed E-state index contributed by atoms with van der Waals surface area (Å²) in [6.07, 6.45) is 1.29. The Bertz CT molecular complexity index is 69.4. The molecule has 4 heteroatoms. The molecule has 0 amide bonds. The summed E-state index contributed by atoms with van der Waals surface area (Å²) >= 11 is 0. The smallest absolute Gasteiger partial charge is 0.307 e. The quantitative estimate of drug-likeness (QED) is 0.479. The minimum absolute atomic E-state index is 0. The van der Waals surface area contributed by atoms with Crippen LogP contribution in [0.5, 0.6) is 0 Å². The first-order chi connectivity index (χ1) is 3.81. The van der Waals surface area contributed by atoms with E-state index in [1.165, 1.54) is 0 Å². The number of hydrogen-bond donors (Lipinski definition) is 1. The number of rotatable bonds is 3. The highest BCUT2D eigenvalue weighted by atomic mass is 35.5. The lowest BCUT2D eigenvalue weighted by Crippen LogP contribution is -2.10. The normalized spacial score (nSPS) is 7.78. The molecule has 0 spiro atoms. The van der Waals surface area contributed by atoms with Crippen LogP contribution in [-0.4, -0.2) is 12.7 Å². The highest BCUT2D eigenvalue weighted by Crippen LogP contribution is 1.87. The Hall–Kier alpha value is -0.280. The second kappa shape index (κ2) is 7.72. The fourth-order valence-electron chi connectivity index (χ4n) is 0.369. The Kier molecular flexibility index (Phi) is 9.87. The van der Waals surface area contributed by atoms with Gasteiger partial charge in [-0.2, -0.15) is 0 Å². The third-order valence-electron chi connectivity index (χ3n) is 0.698. The summed E-state index contributed by atoms with van der Waals surface area (Å²) in [5.74, 6) is -0.213. The van der Waals surface area contributed by atoms with E-state index in [1.807, 2.05) is 6.92 Å². The number of carbonyl (C=O) groups excluding carboxylic acids is 1. The number of ether oxygens (including phenoxy) is 1. The molecule has 0 radical (unpaired) electrons. The molecule has 0 aliphatic carbocycles. The van der Waals surface area contributed by atoms with Crippen LogP contribution in [-0.2, 0) is 9.53 Å². The Labute approximate surface area is 61.0 Å². The van der Waals surface area contributed by atoms with Crippen LogP contribution >= 0.6 is 12.4 Å². The van der Waals surface area contributed by atoms with Crippen molar-refractivity contribution in [2.75, 3.05) is 6.73 Å². The maximum atomic E-state index is 10.3. The van der Waals surface area contributed by atoms with Crippen LogP contribution in [0.1, 0.15) is 19.8 Å². The third-order valence-corrected chi connectivity index (χ3v) is 0.698. The molecule has 0 unspecified atom stereocenters. The number of carbonyl (C=O) groups is 1. The molecule has 56 valence electrons. The molecule has 9 heavy (non-hydrogen) atoms.